The standard InChI is InChI=1S/C34H37N5O12/c1-18(2)14-38-17-35-30-31(38)23-8-6-7-9-24(23)36-33(30)37-34(43)47-15-22-10-11-26(25(12-22)39(44)45)50-29-13-27(48-20(4)41)32(49-21(5)42)28(51-29)16-46-19(3)40/h6-12,17-18,27-29,32H,13-16H2,1-5H3,(H,36,37,43)/t27-,28-,29-,32-/m1/s1. The van der Waals surface area contributed by atoms with E-state index < -0.39 is 59.2 Å². The van der Waals surface area contributed by atoms with Gasteiger partial charge in [-0.1, -0.05) is 38.1 Å². The number of hydrogen-bond donors (Lipinski definition) is 1. The summed E-state index contributed by atoms with van der Waals surface area (Å²) in [6.07, 6.45) is -3.94. The van der Waals surface area contributed by atoms with Crippen LogP contribution in [0.3, 0.4) is 0 Å². The third-order valence-corrected chi connectivity index (χ3v) is 7.64. The SMILES string of the molecule is CC(=O)OC[C@H]1O[C@@H](Oc2ccc(COC(=O)Nc3nc4ccccc4c4c3ncn4CC(C)C)cc2[N+](=O)[O-])C[C@@H](OC(C)=O)[C@H]1OC(C)=O. The van der Waals surface area contributed by atoms with Gasteiger partial charge in [0.1, 0.15) is 30.9 Å². The topological polar surface area (TPSA) is 210 Å². The third kappa shape index (κ3) is 9.04. The monoisotopic (exact) mass is 707 g/mol. The Hall–Kier alpha value is -5.84. The Morgan fingerprint density at radius 3 is 2.47 bits per heavy atom. The summed E-state index contributed by atoms with van der Waals surface area (Å²) >= 11 is 0. The van der Waals surface area contributed by atoms with Crippen molar-refractivity contribution < 1.29 is 52.5 Å². The normalized spacial score (nSPS) is 18.6. The number of nitro groups is 1. The lowest BCUT2D eigenvalue weighted by Crippen LogP contribution is -2.54. The zero-order valence-corrected chi connectivity index (χ0v) is 28.5. The van der Waals surface area contributed by atoms with Crippen LogP contribution in [-0.4, -0.2) is 74.7 Å². The molecule has 1 amide bonds. The van der Waals surface area contributed by atoms with Gasteiger partial charge in [0.05, 0.1) is 28.7 Å². The fourth-order valence-electron chi connectivity index (χ4n) is 5.69. The molecule has 1 N–H and O–H groups in total. The van der Waals surface area contributed by atoms with E-state index in [-0.39, 0.29) is 36.8 Å². The molecule has 0 bridgehead atoms. The van der Waals surface area contributed by atoms with E-state index in [9.17, 15) is 29.3 Å². The molecule has 1 saturated heterocycles. The van der Waals surface area contributed by atoms with Crippen molar-refractivity contribution in [2.24, 2.45) is 5.92 Å². The summed E-state index contributed by atoms with van der Waals surface area (Å²) in [5.74, 6) is -1.70. The summed E-state index contributed by atoms with van der Waals surface area (Å²) in [7, 11) is 0. The molecule has 4 atom stereocenters. The fraction of sp³-hybridized carbons (Fsp3) is 0.412. The Labute approximate surface area is 291 Å². The van der Waals surface area contributed by atoms with Gasteiger partial charge in [0.25, 0.3) is 0 Å². The van der Waals surface area contributed by atoms with Gasteiger partial charge in [-0.2, -0.15) is 0 Å². The number of imidazole rings is 1. The number of carbonyl (C=O) groups excluding carboxylic acids is 4. The maximum Gasteiger partial charge on any atom is 0.413 e. The van der Waals surface area contributed by atoms with E-state index >= 15 is 0 Å². The fourth-order valence-corrected chi connectivity index (χ4v) is 5.69. The number of fused-ring (bicyclic) bond motifs is 3. The molecule has 2 aromatic carbocycles. The molecule has 2 aromatic heterocycles. The van der Waals surface area contributed by atoms with E-state index in [4.69, 9.17) is 28.4 Å². The molecule has 1 aliphatic rings. The van der Waals surface area contributed by atoms with Gasteiger partial charge in [0.2, 0.25) is 6.29 Å². The summed E-state index contributed by atoms with van der Waals surface area (Å²) < 4.78 is 34.8. The summed E-state index contributed by atoms with van der Waals surface area (Å²) in [4.78, 5) is 68.6. The Bertz CT molecular complexity index is 1960. The Balaban J connectivity index is 1.31. The van der Waals surface area contributed by atoms with Crippen molar-refractivity contribution >= 4 is 57.4 Å². The second kappa shape index (κ2) is 15.8. The maximum absolute atomic E-state index is 12.9. The largest absolute Gasteiger partial charge is 0.463 e. The van der Waals surface area contributed by atoms with Crippen LogP contribution in [0.1, 0.15) is 46.6 Å². The molecule has 5 rings (SSSR count). The second-order valence-corrected chi connectivity index (χ2v) is 12.2. The molecule has 3 heterocycles. The summed E-state index contributed by atoms with van der Waals surface area (Å²) in [6.45, 7) is 7.63. The van der Waals surface area contributed by atoms with E-state index in [1.165, 1.54) is 25.1 Å². The smallest absolute Gasteiger partial charge is 0.413 e. The zero-order valence-electron chi connectivity index (χ0n) is 28.5. The molecule has 4 aromatic rings. The van der Waals surface area contributed by atoms with Crippen LogP contribution in [0, 0.1) is 16.0 Å². The number of anilines is 1. The van der Waals surface area contributed by atoms with Crippen LogP contribution in [0.5, 0.6) is 5.75 Å². The first-order valence-electron chi connectivity index (χ1n) is 16.0. The molecule has 270 valence electrons. The quantitative estimate of drug-likeness (QED) is 0.0906. The first kappa shape index (κ1) is 36.4. The molecule has 1 fully saturated rings. The molecule has 1 aliphatic heterocycles. The van der Waals surface area contributed by atoms with Crippen molar-refractivity contribution in [1.82, 2.24) is 14.5 Å². The number of rotatable bonds is 12. The Kier molecular flexibility index (Phi) is 11.3. The average molecular weight is 708 g/mol. The highest BCUT2D eigenvalue weighted by Crippen LogP contribution is 2.34. The molecule has 0 spiro atoms. The number of para-hydroxylation sites is 1. The number of nitro benzene ring substituents is 1. The highest BCUT2D eigenvalue weighted by atomic mass is 16.7. The van der Waals surface area contributed by atoms with Gasteiger partial charge in [0, 0.05) is 38.8 Å². The Morgan fingerprint density at radius 1 is 1.04 bits per heavy atom. The number of aromatic nitrogens is 3. The minimum atomic E-state index is -1.25. The van der Waals surface area contributed by atoms with Gasteiger partial charge in [0.15, 0.2) is 17.7 Å². The number of amides is 1. The molecular weight excluding hydrogens is 670 g/mol. The van der Waals surface area contributed by atoms with Crippen molar-refractivity contribution in [3.05, 3.63) is 64.5 Å². The second-order valence-electron chi connectivity index (χ2n) is 12.2. The molecule has 0 radical (unpaired) electrons. The van der Waals surface area contributed by atoms with Crippen LogP contribution >= 0.6 is 0 Å². The Morgan fingerprint density at radius 2 is 1.78 bits per heavy atom. The van der Waals surface area contributed by atoms with E-state index in [0.29, 0.717) is 23.5 Å². The summed E-state index contributed by atoms with van der Waals surface area (Å²) in [5.41, 5.74) is 1.75. The predicted octanol–water partition coefficient (Wildman–Crippen LogP) is 4.82. The van der Waals surface area contributed by atoms with Crippen LogP contribution in [-0.2, 0) is 51.2 Å². The van der Waals surface area contributed by atoms with E-state index in [1.54, 1.807) is 6.33 Å². The zero-order chi connectivity index (χ0) is 36.8. The maximum atomic E-state index is 12.9. The first-order valence-corrected chi connectivity index (χ1v) is 16.0. The number of nitrogens with one attached hydrogen (secondary N) is 1. The highest BCUT2D eigenvalue weighted by Gasteiger charge is 2.45. The van der Waals surface area contributed by atoms with Gasteiger partial charge < -0.3 is 33.0 Å². The van der Waals surface area contributed by atoms with E-state index in [0.717, 1.165) is 24.8 Å². The van der Waals surface area contributed by atoms with Gasteiger partial charge >= 0.3 is 29.7 Å². The van der Waals surface area contributed by atoms with Crippen LogP contribution in [0.25, 0.3) is 21.9 Å². The molecule has 0 unspecified atom stereocenters. The van der Waals surface area contributed by atoms with Gasteiger partial charge in [-0.15, -0.1) is 0 Å². The minimum absolute atomic E-state index is 0.178. The summed E-state index contributed by atoms with van der Waals surface area (Å²) in [6, 6.07) is 11.4. The third-order valence-electron chi connectivity index (χ3n) is 7.64. The van der Waals surface area contributed by atoms with Crippen LogP contribution in [0.4, 0.5) is 16.3 Å². The molecule has 17 heteroatoms. The number of hydrogen-bond acceptors (Lipinski definition) is 14. The number of pyridine rings is 1. The number of carbonyl (C=O) groups is 4. The van der Waals surface area contributed by atoms with Crippen molar-refractivity contribution in [2.75, 3.05) is 11.9 Å². The highest BCUT2D eigenvalue weighted by molar-refractivity contribution is 6.08. The molecule has 0 aliphatic carbocycles. The van der Waals surface area contributed by atoms with E-state index in [2.05, 4.69) is 29.1 Å². The number of benzene rings is 2. The van der Waals surface area contributed by atoms with Crippen molar-refractivity contribution in [3.8, 4) is 5.75 Å². The lowest BCUT2D eigenvalue weighted by atomic mass is 10.0. The van der Waals surface area contributed by atoms with Crippen LogP contribution in [0.15, 0.2) is 48.8 Å². The molecule has 51 heavy (non-hydrogen) atoms. The predicted molar refractivity (Wildman–Crippen MR) is 178 cm³/mol. The lowest BCUT2D eigenvalue weighted by Gasteiger charge is -2.39. The van der Waals surface area contributed by atoms with Crippen LogP contribution in [0.2, 0.25) is 0 Å². The van der Waals surface area contributed by atoms with Gasteiger partial charge in [-0.3, -0.25) is 29.8 Å². The van der Waals surface area contributed by atoms with Crippen molar-refractivity contribution in [1.29, 1.82) is 0 Å². The lowest BCUT2D eigenvalue weighted by molar-refractivity contribution is -0.386. The first-order chi connectivity index (χ1) is 24.3. The van der Waals surface area contributed by atoms with Crippen LogP contribution < -0.4 is 10.1 Å². The molecular formula is C34H37N5O12. The molecule has 0 saturated carbocycles. The number of esters is 3. The minimum Gasteiger partial charge on any atom is -0.463 e. The number of ether oxygens (including phenoxy) is 6. The molecule has 17 nitrogen and oxygen atoms in total. The van der Waals surface area contributed by atoms with Crippen molar-refractivity contribution in [2.45, 2.75) is 78.8 Å². The van der Waals surface area contributed by atoms with Crippen molar-refractivity contribution in [3.63, 3.8) is 0 Å². The van der Waals surface area contributed by atoms with Gasteiger partial charge in [-0.05, 0) is 23.6 Å². The van der Waals surface area contributed by atoms with E-state index in [1.807, 2.05) is 28.8 Å². The van der Waals surface area contributed by atoms with Gasteiger partial charge in [-0.25, -0.2) is 14.8 Å². The summed E-state index contributed by atoms with van der Waals surface area (Å²) in [5, 5.41) is 15.6. The number of nitrogens with zero attached hydrogens (tertiary/aromatic N) is 4. The average Bonchev–Trinajstić information content (AvgIpc) is 3.47.